The Balaban J connectivity index is 2.37. The third-order valence-electron chi connectivity index (χ3n) is 3.47. The fourth-order valence-corrected chi connectivity index (χ4v) is 3.17. The van der Waals surface area contributed by atoms with Crippen LogP contribution in [0.4, 0.5) is 5.69 Å². The molecule has 0 aliphatic rings. The van der Waals surface area contributed by atoms with Crippen LogP contribution in [0, 0.1) is 13.8 Å². The van der Waals surface area contributed by atoms with Crippen molar-refractivity contribution in [3.63, 3.8) is 0 Å². The van der Waals surface area contributed by atoms with Gasteiger partial charge >= 0.3 is 0 Å². The zero-order chi connectivity index (χ0) is 17.2. The number of anilines is 1. The molecule has 0 aliphatic heterocycles. The maximum absolute atomic E-state index is 12.5. The van der Waals surface area contributed by atoms with Gasteiger partial charge in [0.15, 0.2) is 0 Å². The predicted octanol–water partition coefficient (Wildman–Crippen LogP) is 2.81. The summed E-state index contributed by atoms with van der Waals surface area (Å²) in [6, 6.07) is 11.6. The third-order valence-corrected chi connectivity index (χ3v) is 4.85. The molecule has 0 radical (unpaired) electrons. The highest BCUT2D eigenvalue weighted by atomic mass is 32.2. The van der Waals surface area contributed by atoms with Crippen molar-refractivity contribution in [2.24, 2.45) is 0 Å². The average molecular weight is 332 g/mol. The first-order valence-electron chi connectivity index (χ1n) is 7.12. The predicted molar refractivity (Wildman–Crippen MR) is 91.2 cm³/mol. The molecule has 0 saturated heterocycles. The zero-order valence-electron chi connectivity index (χ0n) is 13.6. The van der Waals surface area contributed by atoms with E-state index in [4.69, 9.17) is 0 Å². The molecule has 6 heteroatoms. The van der Waals surface area contributed by atoms with Gasteiger partial charge in [0.25, 0.3) is 15.9 Å². The lowest BCUT2D eigenvalue weighted by molar-refractivity contribution is 0.0827. The third kappa shape index (κ3) is 3.90. The Morgan fingerprint density at radius 1 is 1.00 bits per heavy atom. The molecule has 0 saturated carbocycles. The number of hydrogen-bond acceptors (Lipinski definition) is 3. The molecular formula is C17H20N2O3S. The largest absolute Gasteiger partial charge is 0.345 e. The van der Waals surface area contributed by atoms with Gasteiger partial charge in [-0.1, -0.05) is 23.8 Å². The topological polar surface area (TPSA) is 66.5 Å². The van der Waals surface area contributed by atoms with Crippen molar-refractivity contribution in [1.29, 1.82) is 0 Å². The maximum atomic E-state index is 12.5. The Kier molecular flexibility index (Phi) is 4.75. The summed E-state index contributed by atoms with van der Waals surface area (Å²) >= 11 is 0. The van der Waals surface area contributed by atoms with E-state index in [1.165, 1.54) is 4.90 Å². The minimum atomic E-state index is -3.69. The van der Waals surface area contributed by atoms with Crippen molar-refractivity contribution < 1.29 is 13.2 Å². The van der Waals surface area contributed by atoms with Crippen LogP contribution in [0.3, 0.4) is 0 Å². The van der Waals surface area contributed by atoms with Gasteiger partial charge in [0.2, 0.25) is 0 Å². The lowest BCUT2D eigenvalue weighted by Gasteiger charge is -2.14. The van der Waals surface area contributed by atoms with Gasteiger partial charge in [-0.3, -0.25) is 9.52 Å². The summed E-state index contributed by atoms with van der Waals surface area (Å²) < 4.78 is 27.5. The summed E-state index contributed by atoms with van der Waals surface area (Å²) in [7, 11) is -0.388. The molecule has 122 valence electrons. The molecule has 1 amide bonds. The van der Waals surface area contributed by atoms with Crippen LogP contribution in [0.2, 0.25) is 0 Å². The number of nitrogens with zero attached hydrogens (tertiary/aromatic N) is 1. The first-order chi connectivity index (χ1) is 10.7. The minimum absolute atomic E-state index is 0.180. The standard InChI is InChI=1S/C17H20N2O3S/c1-12-5-9-15(10-6-12)23(21,22)18-16-11-14(8-7-13(16)2)17(20)19(3)4/h5-11,18H,1-4H3. The van der Waals surface area contributed by atoms with E-state index >= 15 is 0 Å². The van der Waals surface area contributed by atoms with Crippen molar-refractivity contribution in [3.8, 4) is 0 Å². The van der Waals surface area contributed by atoms with Gasteiger partial charge in [-0.15, -0.1) is 0 Å². The van der Waals surface area contributed by atoms with Gasteiger partial charge < -0.3 is 4.90 Å². The van der Waals surface area contributed by atoms with Gasteiger partial charge in [-0.25, -0.2) is 8.42 Å². The molecule has 2 aromatic rings. The Labute approximate surface area is 137 Å². The summed E-state index contributed by atoms with van der Waals surface area (Å²) in [5.74, 6) is -0.180. The van der Waals surface area contributed by atoms with Gasteiger partial charge in [0.1, 0.15) is 0 Å². The second-order valence-electron chi connectivity index (χ2n) is 5.65. The average Bonchev–Trinajstić information content (AvgIpc) is 2.49. The normalized spacial score (nSPS) is 11.1. The molecule has 0 aliphatic carbocycles. The first kappa shape index (κ1) is 17.0. The van der Waals surface area contributed by atoms with Gasteiger partial charge in [0.05, 0.1) is 10.6 Å². The summed E-state index contributed by atoms with van der Waals surface area (Å²) in [5, 5.41) is 0. The summed E-state index contributed by atoms with van der Waals surface area (Å²) in [6.07, 6.45) is 0. The van der Waals surface area contributed by atoms with Gasteiger partial charge in [-0.2, -0.15) is 0 Å². The molecule has 0 aromatic heterocycles. The minimum Gasteiger partial charge on any atom is -0.345 e. The maximum Gasteiger partial charge on any atom is 0.261 e. The molecular weight excluding hydrogens is 312 g/mol. The molecule has 0 unspecified atom stereocenters. The van der Waals surface area contributed by atoms with E-state index < -0.39 is 10.0 Å². The number of aryl methyl sites for hydroxylation is 2. The Morgan fingerprint density at radius 3 is 2.17 bits per heavy atom. The molecule has 2 aromatic carbocycles. The molecule has 0 spiro atoms. The number of carbonyl (C=O) groups excluding carboxylic acids is 1. The van der Waals surface area contributed by atoms with Crippen molar-refractivity contribution in [1.82, 2.24) is 4.90 Å². The van der Waals surface area contributed by atoms with Crippen LogP contribution in [-0.2, 0) is 10.0 Å². The van der Waals surface area contributed by atoms with Gasteiger partial charge in [0, 0.05) is 19.7 Å². The summed E-state index contributed by atoms with van der Waals surface area (Å²) in [4.78, 5) is 13.7. The highest BCUT2D eigenvalue weighted by molar-refractivity contribution is 7.92. The Hall–Kier alpha value is -2.34. The SMILES string of the molecule is Cc1ccc(S(=O)(=O)Nc2cc(C(=O)N(C)C)ccc2C)cc1. The number of carbonyl (C=O) groups is 1. The molecule has 1 N–H and O–H groups in total. The zero-order valence-corrected chi connectivity index (χ0v) is 14.4. The second-order valence-corrected chi connectivity index (χ2v) is 7.33. The summed E-state index contributed by atoms with van der Waals surface area (Å²) in [5.41, 5.74) is 2.56. The second kappa shape index (κ2) is 6.42. The van der Waals surface area contributed by atoms with E-state index in [1.807, 2.05) is 6.92 Å². The molecule has 0 heterocycles. The van der Waals surface area contributed by atoms with Crippen LogP contribution in [0.5, 0.6) is 0 Å². The Bertz CT molecular complexity index is 825. The van der Waals surface area contributed by atoms with Crippen LogP contribution in [0.1, 0.15) is 21.5 Å². The van der Waals surface area contributed by atoms with Crippen LogP contribution >= 0.6 is 0 Å². The smallest absolute Gasteiger partial charge is 0.261 e. The fraction of sp³-hybridized carbons (Fsp3) is 0.235. The van der Waals surface area contributed by atoms with E-state index in [2.05, 4.69) is 4.72 Å². The van der Waals surface area contributed by atoms with Crippen LogP contribution < -0.4 is 4.72 Å². The lowest BCUT2D eigenvalue weighted by Crippen LogP contribution is -2.22. The van der Waals surface area contributed by atoms with Crippen molar-refractivity contribution in [3.05, 3.63) is 59.2 Å². The quantitative estimate of drug-likeness (QED) is 0.936. The number of sulfonamides is 1. The monoisotopic (exact) mass is 332 g/mol. The number of rotatable bonds is 4. The van der Waals surface area contributed by atoms with Crippen LogP contribution in [0.25, 0.3) is 0 Å². The highest BCUT2D eigenvalue weighted by Gasteiger charge is 2.17. The molecule has 0 atom stereocenters. The van der Waals surface area contributed by atoms with E-state index in [9.17, 15) is 13.2 Å². The molecule has 2 rings (SSSR count). The van der Waals surface area contributed by atoms with Crippen LogP contribution in [-0.4, -0.2) is 33.3 Å². The van der Waals surface area contributed by atoms with E-state index in [1.54, 1.807) is 63.5 Å². The van der Waals surface area contributed by atoms with Crippen LogP contribution in [0.15, 0.2) is 47.4 Å². The van der Waals surface area contributed by atoms with Gasteiger partial charge in [-0.05, 0) is 43.7 Å². The molecule has 0 fully saturated rings. The van der Waals surface area contributed by atoms with Crippen molar-refractivity contribution in [2.75, 3.05) is 18.8 Å². The highest BCUT2D eigenvalue weighted by Crippen LogP contribution is 2.22. The summed E-state index contributed by atoms with van der Waals surface area (Å²) in [6.45, 7) is 3.68. The first-order valence-corrected chi connectivity index (χ1v) is 8.61. The van der Waals surface area contributed by atoms with E-state index in [0.29, 0.717) is 11.3 Å². The number of benzene rings is 2. The Morgan fingerprint density at radius 2 is 1.61 bits per heavy atom. The van der Waals surface area contributed by atoms with E-state index in [-0.39, 0.29) is 10.8 Å². The molecule has 23 heavy (non-hydrogen) atoms. The van der Waals surface area contributed by atoms with E-state index in [0.717, 1.165) is 11.1 Å². The number of amides is 1. The lowest BCUT2D eigenvalue weighted by atomic mass is 10.1. The molecule has 5 nitrogen and oxygen atoms in total. The van der Waals surface area contributed by atoms with Crippen molar-refractivity contribution in [2.45, 2.75) is 18.7 Å². The molecule has 0 bridgehead atoms. The van der Waals surface area contributed by atoms with Crippen molar-refractivity contribution >= 4 is 21.6 Å². The number of hydrogen-bond donors (Lipinski definition) is 1. The fourth-order valence-electron chi connectivity index (χ4n) is 2.04. The number of nitrogens with one attached hydrogen (secondary N) is 1.